The van der Waals surface area contributed by atoms with Gasteiger partial charge in [0.2, 0.25) is 0 Å². The molecule has 0 saturated heterocycles. The molecule has 0 spiro atoms. The van der Waals surface area contributed by atoms with Crippen molar-refractivity contribution in [3.8, 4) is 0 Å². The van der Waals surface area contributed by atoms with Gasteiger partial charge >= 0.3 is 11.9 Å². The molecule has 0 bridgehead atoms. The molecule has 0 N–H and O–H groups in total. The summed E-state index contributed by atoms with van der Waals surface area (Å²) in [7, 11) is 0. The minimum atomic E-state index is -0.419. The van der Waals surface area contributed by atoms with E-state index in [2.05, 4.69) is 0 Å². The lowest BCUT2D eigenvalue weighted by molar-refractivity contribution is -0.157. The molecule has 110 valence electrons. The summed E-state index contributed by atoms with van der Waals surface area (Å²) in [4.78, 5) is 23.4. The summed E-state index contributed by atoms with van der Waals surface area (Å²) in [5, 5.41) is 0. The smallest absolute Gasteiger partial charge is 0.338 e. The lowest BCUT2D eigenvalue weighted by Crippen LogP contribution is -2.31. The third-order valence-electron chi connectivity index (χ3n) is 2.87. The number of benzene rings is 1. The molecule has 1 aromatic carbocycles. The van der Waals surface area contributed by atoms with Gasteiger partial charge in [0.25, 0.3) is 0 Å². The lowest BCUT2D eigenvalue weighted by atomic mass is 10.1. The van der Waals surface area contributed by atoms with E-state index < -0.39 is 12.1 Å². The van der Waals surface area contributed by atoms with Crippen molar-refractivity contribution >= 4 is 11.9 Å². The summed E-state index contributed by atoms with van der Waals surface area (Å²) >= 11 is 0. The third kappa shape index (κ3) is 5.03. The van der Waals surface area contributed by atoms with E-state index in [9.17, 15) is 9.59 Å². The van der Waals surface area contributed by atoms with Crippen LogP contribution in [0.25, 0.3) is 0 Å². The molecule has 0 aliphatic heterocycles. The number of esters is 2. The van der Waals surface area contributed by atoms with Crippen molar-refractivity contribution in [1.29, 1.82) is 0 Å². The molecule has 4 nitrogen and oxygen atoms in total. The van der Waals surface area contributed by atoms with E-state index >= 15 is 0 Å². The second kappa shape index (κ2) is 7.68. The number of hydrogen-bond acceptors (Lipinski definition) is 4. The number of rotatable bonds is 6. The summed E-state index contributed by atoms with van der Waals surface area (Å²) in [6.07, 6.45) is -0.419. The highest BCUT2D eigenvalue weighted by Crippen LogP contribution is 2.11. The molecular formula is C16H22O4. The van der Waals surface area contributed by atoms with Crippen LogP contribution in [0.2, 0.25) is 0 Å². The van der Waals surface area contributed by atoms with Crippen molar-refractivity contribution in [2.75, 3.05) is 6.61 Å². The molecule has 1 atom stereocenters. The first-order chi connectivity index (χ1) is 9.41. The maximum Gasteiger partial charge on any atom is 0.338 e. The van der Waals surface area contributed by atoms with Gasteiger partial charge in [0, 0.05) is 0 Å². The number of ether oxygens (including phenoxy) is 2. The minimum Gasteiger partial charge on any atom is -0.458 e. The Morgan fingerprint density at radius 2 is 1.65 bits per heavy atom. The fraction of sp³-hybridized carbons (Fsp3) is 0.500. The molecule has 0 saturated carbocycles. The molecule has 20 heavy (non-hydrogen) atoms. The summed E-state index contributed by atoms with van der Waals surface area (Å²) in [6, 6.07) is 8.75. The van der Waals surface area contributed by atoms with Gasteiger partial charge in [-0.1, -0.05) is 45.9 Å². The molecule has 0 radical (unpaired) electrons. The number of hydrogen-bond donors (Lipinski definition) is 0. The zero-order chi connectivity index (χ0) is 15.1. The average Bonchev–Trinajstić information content (AvgIpc) is 2.43. The van der Waals surface area contributed by atoms with E-state index in [-0.39, 0.29) is 24.4 Å². The topological polar surface area (TPSA) is 52.6 Å². The molecule has 1 aromatic rings. The maximum atomic E-state index is 11.8. The summed E-state index contributed by atoms with van der Waals surface area (Å²) < 4.78 is 10.6. The van der Waals surface area contributed by atoms with Crippen LogP contribution in [0.15, 0.2) is 30.3 Å². The Labute approximate surface area is 120 Å². The van der Waals surface area contributed by atoms with Gasteiger partial charge in [-0.3, -0.25) is 4.79 Å². The fourth-order valence-corrected chi connectivity index (χ4v) is 1.46. The van der Waals surface area contributed by atoms with Crippen LogP contribution in [0.3, 0.4) is 0 Å². The van der Waals surface area contributed by atoms with Crippen LogP contribution in [0.1, 0.15) is 38.1 Å². The first-order valence-electron chi connectivity index (χ1n) is 6.84. The Hall–Kier alpha value is -1.84. The maximum absolute atomic E-state index is 11.8. The van der Waals surface area contributed by atoms with Crippen LogP contribution in [-0.2, 0) is 14.3 Å². The Bertz CT molecular complexity index is 437. The van der Waals surface area contributed by atoms with Crippen LogP contribution in [0, 0.1) is 11.8 Å². The first-order valence-corrected chi connectivity index (χ1v) is 6.84. The standard InChI is InChI=1S/C16H22O4/c1-11(2)14(20-15(17)12(3)4)10-19-16(18)13-8-6-5-7-9-13/h5-9,11-12,14H,10H2,1-4H3. The molecule has 0 fully saturated rings. The summed E-state index contributed by atoms with van der Waals surface area (Å²) in [5.41, 5.74) is 0.491. The minimum absolute atomic E-state index is 0.0733. The van der Waals surface area contributed by atoms with Crippen molar-refractivity contribution in [3.63, 3.8) is 0 Å². The Morgan fingerprint density at radius 1 is 1.05 bits per heavy atom. The zero-order valence-corrected chi connectivity index (χ0v) is 12.5. The molecule has 0 aromatic heterocycles. The van der Waals surface area contributed by atoms with Gasteiger partial charge in [-0.15, -0.1) is 0 Å². The SMILES string of the molecule is CC(C)C(=O)OC(COC(=O)c1ccccc1)C(C)C. The normalized spacial score (nSPS) is 12.3. The highest BCUT2D eigenvalue weighted by molar-refractivity contribution is 5.89. The summed E-state index contributed by atoms with van der Waals surface area (Å²) in [6.45, 7) is 7.47. The molecule has 1 rings (SSSR count). The Kier molecular flexibility index (Phi) is 6.22. The van der Waals surface area contributed by atoms with Gasteiger partial charge in [-0.25, -0.2) is 4.79 Å². The highest BCUT2D eigenvalue weighted by Gasteiger charge is 2.22. The van der Waals surface area contributed by atoms with Crippen LogP contribution in [0.5, 0.6) is 0 Å². The molecule has 0 heterocycles. The van der Waals surface area contributed by atoms with E-state index in [1.165, 1.54) is 0 Å². The van der Waals surface area contributed by atoms with Crippen molar-refractivity contribution in [3.05, 3.63) is 35.9 Å². The van der Waals surface area contributed by atoms with Crippen LogP contribution in [0.4, 0.5) is 0 Å². The van der Waals surface area contributed by atoms with Crippen molar-refractivity contribution in [2.24, 2.45) is 11.8 Å². The predicted molar refractivity (Wildman–Crippen MR) is 76.3 cm³/mol. The van der Waals surface area contributed by atoms with Gasteiger partial charge in [0.05, 0.1) is 11.5 Å². The monoisotopic (exact) mass is 278 g/mol. The van der Waals surface area contributed by atoms with Gasteiger partial charge in [-0.2, -0.15) is 0 Å². The van der Waals surface area contributed by atoms with Crippen LogP contribution in [-0.4, -0.2) is 24.6 Å². The quantitative estimate of drug-likeness (QED) is 0.750. The van der Waals surface area contributed by atoms with E-state index in [4.69, 9.17) is 9.47 Å². The van der Waals surface area contributed by atoms with Gasteiger partial charge in [0.1, 0.15) is 12.7 Å². The van der Waals surface area contributed by atoms with Crippen LogP contribution >= 0.6 is 0 Å². The highest BCUT2D eigenvalue weighted by atomic mass is 16.6. The molecule has 0 aliphatic carbocycles. The van der Waals surface area contributed by atoms with Crippen molar-refractivity contribution in [2.45, 2.75) is 33.8 Å². The average molecular weight is 278 g/mol. The molecule has 4 heteroatoms. The number of carbonyl (C=O) groups is 2. The Balaban J connectivity index is 2.55. The van der Waals surface area contributed by atoms with E-state index in [0.29, 0.717) is 5.56 Å². The zero-order valence-electron chi connectivity index (χ0n) is 12.5. The Morgan fingerprint density at radius 3 is 2.15 bits per heavy atom. The molecular weight excluding hydrogens is 256 g/mol. The van der Waals surface area contributed by atoms with E-state index in [1.54, 1.807) is 38.1 Å². The lowest BCUT2D eigenvalue weighted by Gasteiger charge is -2.22. The van der Waals surface area contributed by atoms with Crippen molar-refractivity contribution < 1.29 is 19.1 Å². The summed E-state index contributed by atoms with van der Waals surface area (Å²) in [5.74, 6) is -0.793. The second-order valence-electron chi connectivity index (χ2n) is 5.34. The van der Waals surface area contributed by atoms with Gasteiger partial charge < -0.3 is 9.47 Å². The molecule has 1 unspecified atom stereocenters. The molecule has 0 amide bonds. The van der Waals surface area contributed by atoms with Crippen LogP contribution < -0.4 is 0 Å². The van der Waals surface area contributed by atoms with Gasteiger partial charge in [-0.05, 0) is 18.1 Å². The predicted octanol–water partition coefficient (Wildman–Crippen LogP) is 3.07. The fourth-order valence-electron chi connectivity index (χ4n) is 1.46. The third-order valence-corrected chi connectivity index (χ3v) is 2.87. The second-order valence-corrected chi connectivity index (χ2v) is 5.34. The first kappa shape index (κ1) is 16.2. The van der Waals surface area contributed by atoms with Gasteiger partial charge in [0.15, 0.2) is 0 Å². The number of carbonyl (C=O) groups excluding carboxylic acids is 2. The van der Waals surface area contributed by atoms with E-state index in [0.717, 1.165) is 0 Å². The molecule has 0 aliphatic rings. The van der Waals surface area contributed by atoms with Crippen molar-refractivity contribution in [1.82, 2.24) is 0 Å². The largest absolute Gasteiger partial charge is 0.458 e. The van der Waals surface area contributed by atoms with E-state index in [1.807, 2.05) is 19.9 Å².